The van der Waals surface area contributed by atoms with Crippen LogP contribution < -0.4 is 0 Å². The van der Waals surface area contributed by atoms with Gasteiger partial charge in [-0.25, -0.2) is 0 Å². The van der Waals surface area contributed by atoms with Crippen molar-refractivity contribution < 1.29 is 9.90 Å². The second kappa shape index (κ2) is 46.4. The molecule has 1 N–H and O–H groups in total. The van der Waals surface area contributed by atoms with Gasteiger partial charge in [0, 0.05) is 6.42 Å². The maximum atomic E-state index is 10.0. The molecule has 0 aromatic rings. The molecule has 0 aliphatic rings. The summed E-state index contributed by atoms with van der Waals surface area (Å²) in [7, 11) is 2.34. The molecular weight excluding hydrogens is 587 g/mol. The number of rotatable bonds is 40. The molecule has 0 radical (unpaired) electrons. The summed E-state index contributed by atoms with van der Waals surface area (Å²) in [6.07, 6.45) is 52.7. The average molecular weight is 680 g/mol. The highest BCUT2D eigenvalue weighted by atomic mass is 16.4. The van der Waals surface area contributed by atoms with Crippen molar-refractivity contribution in [2.75, 3.05) is 20.1 Å². The summed E-state index contributed by atoms with van der Waals surface area (Å²) in [5.41, 5.74) is 0. The quantitative estimate of drug-likeness (QED) is 0.0655. The van der Waals surface area contributed by atoms with E-state index in [1.165, 1.54) is 238 Å². The van der Waals surface area contributed by atoms with Gasteiger partial charge in [-0.3, -0.25) is 4.79 Å². The standard InChI is InChI=1S/C37H77N.C8H16O2/c1-4-6-8-10-12-14-16-18-20-22-24-26-28-30-32-34-36-38(3)37-35-33-31-29-27-25-23-21-19-17-15-13-11-9-7-5-2;1-2-3-4-5-6-7-8(9)10/h4-37H2,1-3H3;2-7H2,1H3,(H,9,10). The molecule has 0 heterocycles. The van der Waals surface area contributed by atoms with Gasteiger partial charge in [-0.1, -0.05) is 239 Å². The molecule has 0 bridgehead atoms. The van der Waals surface area contributed by atoms with E-state index in [9.17, 15) is 4.79 Å². The van der Waals surface area contributed by atoms with Gasteiger partial charge in [-0.05, 0) is 39.4 Å². The van der Waals surface area contributed by atoms with Crippen molar-refractivity contribution in [1.29, 1.82) is 0 Å². The number of carboxylic acid groups (broad SMARTS) is 1. The summed E-state index contributed by atoms with van der Waals surface area (Å²) >= 11 is 0. The van der Waals surface area contributed by atoms with E-state index < -0.39 is 5.97 Å². The minimum absolute atomic E-state index is 0.337. The summed E-state index contributed by atoms with van der Waals surface area (Å²) < 4.78 is 0. The van der Waals surface area contributed by atoms with Crippen LogP contribution in [0, 0.1) is 0 Å². The third kappa shape index (κ3) is 49.8. The predicted octanol–water partition coefficient (Wildman–Crippen LogP) is 15.9. The zero-order chi connectivity index (χ0) is 35.4. The average Bonchev–Trinajstić information content (AvgIpc) is 3.08. The van der Waals surface area contributed by atoms with Crippen molar-refractivity contribution in [3.05, 3.63) is 0 Å². The molecule has 0 aliphatic carbocycles. The first-order chi connectivity index (χ1) is 23.6. The minimum atomic E-state index is -0.670. The molecule has 0 amide bonds. The Labute approximate surface area is 305 Å². The van der Waals surface area contributed by atoms with Crippen LogP contribution in [0.1, 0.15) is 265 Å². The fraction of sp³-hybridized carbons (Fsp3) is 0.978. The molecule has 0 aromatic carbocycles. The van der Waals surface area contributed by atoms with Crippen molar-refractivity contribution >= 4 is 5.97 Å². The number of unbranched alkanes of at least 4 members (excludes halogenated alkanes) is 34. The number of carboxylic acids is 1. The number of hydrogen-bond acceptors (Lipinski definition) is 2. The smallest absolute Gasteiger partial charge is 0.303 e. The van der Waals surface area contributed by atoms with Crippen LogP contribution >= 0.6 is 0 Å². The van der Waals surface area contributed by atoms with Crippen LogP contribution in [-0.4, -0.2) is 36.1 Å². The third-order valence-corrected chi connectivity index (χ3v) is 10.3. The van der Waals surface area contributed by atoms with E-state index in [0.29, 0.717) is 6.42 Å². The molecule has 3 nitrogen and oxygen atoms in total. The van der Waals surface area contributed by atoms with Gasteiger partial charge in [0.1, 0.15) is 0 Å². The van der Waals surface area contributed by atoms with Crippen LogP contribution in [0.5, 0.6) is 0 Å². The molecule has 0 saturated carbocycles. The molecule has 0 fully saturated rings. The Balaban J connectivity index is 0. The van der Waals surface area contributed by atoms with Gasteiger partial charge in [0.05, 0.1) is 0 Å². The lowest BCUT2D eigenvalue weighted by Crippen LogP contribution is -2.20. The zero-order valence-electron chi connectivity index (χ0n) is 34.1. The zero-order valence-corrected chi connectivity index (χ0v) is 34.1. The second-order valence-electron chi connectivity index (χ2n) is 15.5. The van der Waals surface area contributed by atoms with Crippen molar-refractivity contribution in [3.63, 3.8) is 0 Å². The topological polar surface area (TPSA) is 40.5 Å². The summed E-state index contributed by atoms with van der Waals surface area (Å²) in [6, 6.07) is 0. The van der Waals surface area contributed by atoms with E-state index in [2.05, 4.69) is 32.7 Å². The van der Waals surface area contributed by atoms with Gasteiger partial charge in [0.15, 0.2) is 0 Å². The molecule has 3 heteroatoms. The lowest BCUT2D eigenvalue weighted by atomic mass is 10.0. The number of hydrogen-bond donors (Lipinski definition) is 1. The Morgan fingerprint density at radius 3 is 0.729 bits per heavy atom. The first-order valence-corrected chi connectivity index (χ1v) is 22.5. The van der Waals surface area contributed by atoms with Crippen LogP contribution in [0.15, 0.2) is 0 Å². The maximum absolute atomic E-state index is 10.0. The SMILES string of the molecule is CCCCCCCC(=O)O.CCCCCCCCCCCCCCCCCCN(C)CCCCCCCCCCCCCCCCCC. The normalized spacial score (nSPS) is 11.3. The summed E-state index contributed by atoms with van der Waals surface area (Å²) in [6.45, 7) is 9.40. The molecule has 0 rings (SSSR count). The Morgan fingerprint density at radius 2 is 0.521 bits per heavy atom. The highest BCUT2D eigenvalue weighted by Gasteiger charge is 2.00. The van der Waals surface area contributed by atoms with Crippen molar-refractivity contribution in [2.24, 2.45) is 0 Å². The van der Waals surface area contributed by atoms with Crippen LogP contribution in [0.2, 0.25) is 0 Å². The van der Waals surface area contributed by atoms with E-state index in [1.807, 2.05) is 0 Å². The number of nitrogens with zero attached hydrogens (tertiary/aromatic N) is 1. The lowest BCUT2D eigenvalue weighted by molar-refractivity contribution is -0.137. The molecule has 290 valence electrons. The third-order valence-electron chi connectivity index (χ3n) is 10.3. The van der Waals surface area contributed by atoms with E-state index in [-0.39, 0.29) is 0 Å². The van der Waals surface area contributed by atoms with Crippen molar-refractivity contribution in [2.45, 2.75) is 265 Å². The Bertz CT molecular complexity index is 529. The maximum Gasteiger partial charge on any atom is 0.303 e. The van der Waals surface area contributed by atoms with Crippen LogP contribution in [0.25, 0.3) is 0 Å². The Morgan fingerprint density at radius 1 is 0.333 bits per heavy atom. The first kappa shape index (κ1) is 49.5. The lowest BCUT2D eigenvalue weighted by Gasteiger charge is -2.16. The van der Waals surface area contributed by atoms with Crippen molar-refractivity contribution in [3.8, 4) is 0 Å². The molecular formula is C45H93NO2. The fourth-order valence-electron chi connectivity index (χ4n) is 6.85. The second-order valence-corrected chi connectivity index (χ2v) is 15.5. The molecule has 0 aliphatic heterocycles. The molecule has 0 aromatic heterocycles. The van der Waals surface area contributed by atoms with Gasteiger partial charge in [-0.2, -0.15) is 0 Å². The van der Waals surface area contributed by atoms with E-state index in [0.717, 1.165) is 12.8 Å². The van der Waals surface area contributed by atoms with E-state index >= 15 is 0 Å². The first-order valence-electron chi connectivity index (χ1n) is 22.5. The Hall–Kier alpha value is -0.570. The van der Waals surface area contributed by atoms with Gasteiger partial charge >= 0.3 is 5.97 Å². The number of aliphatic carboxylic acids is 1. The molecule has 0 spiro atoms. The number of carbonyl (C=O) groups is 1. The molecule has 0 saturated heterocycles. The van der Waals surface area contributed by atoms with Crippen LogP contribution in [0.3, 0.4) is 0 Å². The van der Waals surface area contributed by atoms with E-state index in [1.54, 1.807) is 0 Å². The minimum Gasteiger partial charge on any atom is -0.481 e. The predicted molar refractivity (Wildman–Crippen MR) is 218 cm³/mol. The van der Waals surface area contributed by atoms with Gasteiger partial charge < -0.3 is 10.0 Å². The summed E-state index contributed by atoms with van der Waals surface area (Å²) in [4.78, 5) is 12.6. The van der Waals surface area contributed by atoms with Crippen LogP contribution in [0.4, 0.5) is 0 Å². The fourth-order valence-corrected chi connectivity index (χ4v) is 6.85. The summed E-state index contributed by atoms with van der Waals surface area (Å²) in [5, 5.41) is 8.27. The highest BCUT2D eigenvalue weighted by molar-refractivity contribution is 5.66. The molecule has 0 atom stereocenters. The largest absolute Gasteiger partial charge is 0.481 e. The van der Waals surface area contributed by atoms with Gasteiger partial charge in [0.25, 0.3) is 0 Å². The van der Waals surface area contributed by atoms with Gasteiger partial charge in [-0.15, -0.1) is 0 Å². The van der Waals surface area contributed by atoms with E-state index in [4.69, 9.17) is 5.11 Å². The molecule has 48 heavy (non-hydrogen) atoms. The highest BCUT2D eigenvalue weighted by Crippen LogP contribution is 2.15. The monoisotopic (exact) mass is 680 g/mol. The van der Waals surface area contributed by atoms with Gasteiger partial charge in [0.2, 0.25) is 0 Å². The summed E-state index contributed by atoms with van der Waals surface area (Å²) in [5.74, 6) is -0.670. The Kier molecular flexibility index (Phi) is 47.9. The molecule has 0 unspecified atom stereocenters. The van der Waals surface area contributed by atoms with Crippen molar-refractivity contribution in [1.82, 2.24) is 4.90 Å². The van der Waals surface area contributed by atoms with Crippen LogP contribution in [-0.2, 0) is 4.79 Å².